The highest BCUT2D eigenvalue weighted by atomic mass is 31.2. The van der Waals surface area contributed by atoms with Gasteiger partial charge in [0.25, 0.3) is 11.8 Å². The van der Waals surface area contributed by atoms with E-state index in [0.717, 1.165) is 0 Å². The Hall–Kier alpha value is -7.99. The molecule has 8 aromatic carbocycles. The Bertz CT molecular complexity index is 3570. The fourth-order valence-corrected chi connectivity index (χ4v) is 10.2. The van der Waals surface area contributed by atoms with Crippen LogP contribution in [0.15, 0.2) is 194 Å². The number of anilines is 2. The molecule has 0 bridgehead atoms. The summed E-state index contributed by atoms with van der Waals surface area (Å²) < 4.78 is 61.0. The standard InChI is InChI=1S/C29H25FNO7P.C29H23FNO7P/c2*30-21-11-6-19(7-12-21)26(33)17-38-28-27(31(29(28)34)22-4-2-1-3-5-22)24-15-10-20(16-25(24)32)18-8-13-23(14-9-18)39(35,36)37/h1-16,26-28,32-33H,17H2,(H2,35,36,37);1-16,27-28,32H,17H2,(H2,35,36,37)/t26-,27+,28+;27-,28-/m01/s1. The van der Waals surface area contributed by atoms with Gasteiger partial charge in [-0.05, 0) is 125 Å². The number of aliphatic hydroxyl groups is 1. The Morgan fingerprint density at radius 1 is 0.513 bits per heavy atom. The van der Waals surface area contributed by atoms with Gasteiger partial charge in [0.1, 0.15) is 47.9 Å². The maximum Gasteiger partial charge on any atom is 0.356 e. The largest absolute Gasteiger partial charge is 0.508 e. The van der Waals surface area contributed by atoms with Crippen molar-refractivity contribution in [2.75, 3.05) is 23.0 Å². The average Bonchev–Trinajstić information content (AvgIpc) is 3.53. The van der Waals surface area contributed by atoms with E-state index >= 15 is 0 Å². The molecule has 398 valence electrons. The van der Waals surface area contributed by atoms with Crippen LogP contribution in [0.25, 0.3) is 22.3 Å². The predicted octanol–water partition coefficient (Wildman–Crippen LogP) is 8.57. The molecular formula is C58H48F2N2O14P2. The lowest BCUT2D eigenvalue weighted by Gasteiger charge is -2.47. The van der Waals surface area contributed by atoms with Crippen molar-refractivity contribution >= 4 is 54.8 Å². The zero-order valence-corrected chi connectivity index (χ0v) is 42.6. The van der Waals surface area contributed by atoms with Crippen LogP contribution < -0.4 is 20.4 Å². The number of carbonyl (C=O) groups excluding carboxylic acids is 3. The molecule has 2 aliphatic rings. The van der Waals surface area contributed by atoms with Crippen LogP contribution in [0.2, 0.25) is 0 Å². The Balaban J connectivity index is 0.000000190. The molecule has 8 aromatic rings. The van der Waals surface area contributed by atoms with Gasteiger partial charge >= 0.3 is 15.2 Å². The number of halogens is 2. The normalized spacial score (nSPS) is 17.6. The van der Waals surface area contributed by atoms with Gasteiger partial charge in [-0.25, -0.2) is 8.78 Å². The average molecular weight is 1100 g/mol. The van der Waals surface area contributed by atoms with Gasteiger partial charge in [0.2, 0.25) is 0 Å². The molecule has 10 rings (SSSR count). The van der Waals surface area contributed by atoms with Gasteiger partial charge in [-0.15, -0.1) is 0 Å². The molecule has 2 amide bonds. The number of phenolic OH excluding ortho intramolecular Hbond substituents is 2. The highest BCUT2D eigenvalue weighted by Gasteiger charge is 2.52. The Morgan fingerprint density at radius 2 is 0.897 bits per heavy atom. The number of para-hydroxylation sites is 2. The lowest BCUT2D eigenvalue weighted by atomic mass is 9.88. The Kier molecular flexibility index (Phi) is 16.1. The Morgan fingerprint density at radius 3 is 1.29 bits per heavy atom. The van der Waals surface area contributed by atoms with Gasteiger partial charge in [0.15, 0.2) is 18.0 Å². The van der Waals surface area contributed by atoms with Crippen LogP contribution in [0.4, 0.5) is 20.2 Å². The topological polar surface area (TPSA) is 252 Å². The van der Waals surface area contributed by atoms with E-state index in [2.05, 4.69) is 0 Å². The molecule has 2 saturated heterocycles. The maximum absolute atomic E-state index is 13.2. The molecule has 5 atom stereocenters. The summed E-state index contributed by atoms with van der Waals surface area (Å²) in [4.78, 5) is 79.3. The number of ketones is 1. The number of amides is 2. The first-order valence-corrected chi connectivity index (χ1v) is 27.2. The maximum atomic E-state index is 13.2. The van der Waals surface area contributed by atoms with Gasteiger partial charge in [-0.3, -0.25) is 33.3 Å². The van der Waals surface area contributed by atoms with E-state index < -0.39 is 69.6 Å². The first kappa shape index (κ1) is 54.8. The third kappa shape index (κ3) is 11.9. The van der Waals surface area contributed by atoms with Crippen molar-refractivity contribution in [3.63, 3.8) is 0 Å². The van der Waals surface area contributed by atoms with Crippen LogP contribution in [-0.4, -0.2) is 77.9 Å². The number of hydrogen-bond acceptors (Lipinski definition) is 10. The Labute approximate surface area is 445 Å². The van der Waals surface area contributed by atoms with Gasteiger partial charge in [0.05, 0.1) is 17.2 Å². The molecule has 7 N–H and O–H groups in total. The van der Waals surface area contributed by atoms with Crippen molar-refractivity contribution in [1.82, 2.24) is 0 Å². The molecule has 2 heterocycles. The first-order chi connectivity index (χ1) is 37.3. The van der Waals surface area contributed by atoms with Crippen molar-refractivity contribution < 1.29 is 76.7 Å². The second-order valence-electron chi connectivity index (χ2n) is 18.2. The van der Waals surface area contributed by atoms with Crippen molar-refractivity contribution in [2.24, 2.45) is 0 Å². The summed E-state index contributed by atoms with van der Waals surface area (Å²) in [5.74, 6) is -2.27. The lowest BCUT2D eigenvalue weighted by molar-refractivity contribution is -0.145. The highest BCUT2D eigenvalue weighted by molar-refractivity contribution is 7.60. The number of carbonyl (C=O) groups is 3. The second kappa shape index (κ2) is 22.9. The summed E-state index contributed by atoms with van der Waals surface area (Å²) in [6.45, 7) is -0.627. The van der Waals surface area contributed by atoms with Crippen LogP contribution in [0.3, 0.4) is 0 Å². The van der Waals surface area contributed by atoms with Crippen LogP contribution in [0, 0.1) is 11.6 Å². The summed E-state index contributed by atoms with van der Waals surface area (Å²) in [5.41, 5.74) is 5.17. The number of hydrogen-bond donors (Lipinski definition) is 7. The van der Waals surface area contributed by atoms with E-state index in [1.165, 1.54) is 94.7 Å². The number of rotatable bonds is 16. The smallest absolute Gasteiger partial charge is 0.356 e. The molecule has 2 fully saturated rings. The summed E-state index contributed by atoms with van der Waals surface area (Å²) in [6, 6.07) is 48.0. The molecule has 0 unspecified atom stereocenters. The summed E-state index contributed by atoms with van der Waals surface area (Å²) in [7, 11) is -8.76. The molecule has 0 saturated carbocycles. The predicted molar refractivity (Wildman–Crippen MR) is 285 cm³/mol. The van der Waals surface area contributed by atoms with E-state index in [-0.39, 0.29) is 46.1 Å². The molecule has 0 aliphatic carbocycles. The number of aliphatic hydroxyl groups excluding tert-OH is 1. The van der Waals surface area contributed by atoms with Gasteiger partial charge in [0, 0.05) is 28.1 Å². The third-order valence-corrected chi connectivity index (χ3v) is 15.1. The van der Waals surface area contributed by atoms with Crippen LogP contribution in [0.1, 0.15) is 45.2 Å². The number of β-lactam (4-membered cyclic amide) rings is 2. The minimum Gasteiger partial charge on any atom is -0.508 e. The second-order valence-corrected chi connectivity index (χ2v) is 21.4. The molecule has 16 nitrogen and oxygen atoms in total. The SMILES string of the molecule is O=C(CO[C@H]1C(=O)N(c2ccccc2)[C@@H]1c1ccc(-c2ccc(P(=O)(O)O)cc2)cc1O)c1ccc(F)cc1.O=C1[C@H](OC[C@H](O)c2ccc(F)cc2)[C@@H](c2ccc(-c3ccc(P(=O)(O)O)cc3)cc2O)N1c1ccccc1. The fourth-order valence-electron chi connectivity index (χ4n) is 9.11. The number of Topliss-reactive ketones (excluding diaryl/α,β-unsaturated/α-hetero) is 1. The summed E-state index contributed by atoms with van der Waals surface area (Å²) in [5, 5.41) is 32.3. The number of phenols is 2. The number of benzene rings is 8. The third-order valence-electron chi connectivity index (χ3n) is 13.2. The quantitative estimate of drug-likeness (QED) is 0.0272. The van der Waals surface area contributed by atoms with Crippen molar-refractivity contribution in [2.45, 2.75) is 30.4 Å². The molecule has 0 aromatic heterocycles. The van der Waals surface area contributed by atoms with E-state index in [9.17, 15) is 67.2 Å². The van der Waals surface area contributed by atoms with E-state index in [1.807, 2.05) is 12.1 Å². The molecule has 78 heavy (non-hydrogen) atoms. The van der Waals surface area contributed by atoms with Gasteiger partial charge in [-0.2, -0.15) is 0 Å². The van der Waals surface area contributed by atoms with E-state index in [0.29, 0.717) is 50.3 Å². The zero-order chi connectivity index (χ0) is 55.5. The number of aromatic hydroxyl groups is 2. The summed E-state index contributed by atoms with van der Waals surface area (Å²) >= 11 is 0. The molecule has 0 radical (unpaired) electrons. The minimum atomic E-state index is -4.38. The van der Waals surface area contributed by atoms with Crippen LogP contribution >= 0.6 is 15.2 Å². The number of ether oxygens (including phenoxy) is 2. The number of nitrogens with zero attached hydrogens (tertiary/aromatic N) is 2. The fraction of sp³-hybridized carbons (Fsp3) is 0.121. The van der Waals surface area contributed by atoms with E-state index in [1.54, 1.807) is 97.1 Å². The van der Waals surface area contributed by atoms with Gasteiger partial charge < -0.3 is 44.4 Å². The van der Waals surface area contributed by atoms with Crippen molar-refractivity contribution in [3.8, 4) is 33.8 Å². The highest BCUT2D eigenvalue weighted by Crippen LogP contribution is 2.47. The molecule has 20 heteroatoms. The monoisotopic (exact) mass is 1100 g/mol. The molecule has 2 aliphatic heterocycles. The molecular weight excluding hydrogens is 1050 g/mol. The first-order valence-electron chi connectivity index (χ1n) is 24.0. The van der Waals surface area contributed by atoms with Crippen LogP contribution in [-0.2, 0) is 28.2 Å². The zero-order valence-electron chi connectivity index (χ0n) is 40.8. The lowest BCUT2D eigenvalue weighted by Crippen LogP contribution is -2.60. The van der Waals surface area contributed by atoms with Crippen LogP contribution in [0.5, 0.6) is 11.5 Å². The summed E-state index contributed by atoms with van der Waals surface area (Å²) in [6.07, 6.45) is -3.12. The minimum absolute atomic E-state index is 0.0994. The van der Waals surface area contributed by atoms with Crippen molar-refractivity contribution in [3.05, 3.63) is 228 Å². The van der Waals surface area contributed by atoms with Crippen molar-refractivity contribution in [1.29, 1.82) is 0 Å². The van der Waals surface area contributed by atoms with Gasteiger partial charge in [-0.1, -0.05) is 97.1 Å². The molecule has 0 spiro atoms. The van der Waals surface area contributed by atoms with E-state index in [4.69, 9.17) is 9.47 Å².